The Balaban J connectivity index is 2.01. The van der Waals surface area contributed by atoms with E-state index in [1.165, 1.54) is 0 Å². The highest BCUT2D eigenvalue weighted by molar-refractivity contribution is 6.18. The van der Waals surface area contributed by atoms with Gasteiger partial charge < -0.3 is 9.30 Å². The minimum atomic E-state index is -0.326. The Bertz CT molecular complexity index is 828. The van der Waals surface area contributed by atoms with E-state index in [4.69, 9.17) is 4.74 Å². The van der Waals surface area contributed by atoms with E-state index in [9.17, 15) is 9.59 Å². The molecule has 1 aliphatic rings. The van der Waals surface area contributed by atoms with E-state index in [0.717, 1.165) is 24.1 Å². The highest BCUT2D eigenvalue weighted by Crippen LogP contribution is 2.31. The SMILES string of the molecule is CCCc1cc2n(c1C(=O)c1ccccc1)CC=C2C(=O)OC(C)C. The van der Waals surface area contributed by atoms with Crippen molar-refractivity contribution in [3.63, 3.8) is 0 Å². The van der Waals surface area contributed by atoms with Gasteiger partial charge in [0, 0.05) is 12.1 Å². The number of nitrogens with zero attached hydrogens (tertiary/aromatic N) is 1. The number of carbonyl (C=O) groups excluding carboxylic acids is 2. The second-order valence-corrected chi connectivity index (χ2v) is 6.53. The Labute approximate surface area is 148 Å². The molecule has 0 bridgehead atoms. The van der Waals surface area contributed by atoms with Gasteiger partial charge in [-0.15, -0.1) is 0 Å². The molecule has 0 saturated heterocycles. The van der Waals surface area contributed by atoms with Crippen LogP contribution in [0.2, 0.25) is 0 Å². The van der Waals surface area contributed by atoms with E-state index in [1.54, 1.807) is 0 Å². The Kier molecular flexibility index (Phi) is 4.88. The van der Waals surface area contributed by atoms with Crippen LogP contribution in [0.1, 0.15) is 54.5 Å². The van der Waals surface area contributed by atoms with E-state index >= 15 is 0 Å². The third-order valence-corrected chi connectivity index (χ3v) is 4.26. The molecule has 0 fully saturated rings. The lowest BCUT2D eigenvalue weighted by Crippen LogP contribution is -2.13. The molecule has 4 heteroatoms. The van der Waals surface area contributed by atoms with Crippen molar-refractivity contribution in [1.29, 1.82) is 0 Å². The van der Waals surface area contributed by atoms with Gasteiger partial charge in [0.1, 0.15) is 0 Å². The molecule has 0 N–H and O–H groups in total. The second-order valence-electron chi connectivity index (χ2n) is 6.53. The quantitative estimate of drug-likeness (QED) is 0.591. The number of aryl methyl sites for hydroxylation is 1. The summed E-state index contributed by atoms with van der Waals surface area (Å²) < 4.78 is 7.28. The van der Waals surface area contributed by atoms with Crippen molar-refractivity contribution in [3.05, 3.63) is 65.0 Å². The molecule has 25 heavy (non-hydrogen) atoms. The third kappa shape index (κ3) is 3.29. The van der Waals surface area contributed by atoms with E-state index in [2.05, 4.69) is 6.92 Å². The number of ether oxygens (including phenoxy) is 1. The second kappa shape index (κ2) is 7.09. The minimum Gasteiger partial charge on any atom is -0.459 e. The molecule has 3 rings (SSSR count). The van der Waals surface area contributed by atoms with Crippen LogP contribution in [0.3, 0.4) is 0 Å². The molecule has 130 valence electrons. The van der Waals surface area contributed by atoms with E-state index in [-0.39, 0.29) is 17.9 Å². The summed E-state index contributed by atoms with van der Waals surface area (Å²) in [6, 6.07) is 11.3. The summed E-state index contributed by atoms with van der Waals surface area (Å²) in [4.78, 5) is 25.4. The first-order valence-corrected chi connectivity index (χ1v) is 8.76. The van der Waals surface area contributed by atoms with Crippen LogP contribution in [-0.2, 0) is 22.5 Å². The lowest BCUT2D eigenvalue weighted by Gasteiger charge is -2.09. The minimum absolute atomic E-state index is 0.00202. The predicted octanol–water partition coefficient (Wildman–Crippen LogP) is 4.02. The van der Waals surface area contributed by atoms with Gasteiger partial charge in [-0.25, -0.2) is 4.79 Å². The molecule has 0 aliphatic carbocycles. The highest BCUT2D eigenvalue weighted by Gasteiger charge is 2.29. The van der Waals surface area contributed by atoms with Crippen molar-refractivity contribution in [2.45, 2.75) is 46.3 Å². The van der Waals surface area contributed by atoms with Gasteiger partial charge in [0.05, 0.1) is 23.1 Å². The van der Waals surface area contributed by atoms with Gasteiger partial charge in [-0.05, 0) is 38.0 Å². The van der Waals surface area contributed by atoms with E-state index < -0.39 is 0 Å². The van der Waals surface area contributed by atoms with Crippen LogP contribution in [0.4, 0.5) is 0 Å². The standard InChI is InChI=1S/C21H23NO3/c1-4-8-16-13-18-17(21(24)25-14(2)3)11-12-22(18)19(16)20(23)15-9-6-5-7-10-15/h5-7,9-11,13-14H,4,8,12H2,1-3H3. The zero-order chi connectivity index (χ0) is 18.0. The third-order valence-electron chi connectivity index (χ3n) is 4.26. The maximum atomic E-state index is 13.1. The lowest BCUT2D eigenvalue weighted by molar-refractivity contribution is -0.140. The smallest absolute Gasteiger partial charge is 0.340 e. The van der Waals surface area contributed by atoms with Crippen molar-refractivity contribution in [2.24, 2.45) is 0 Å². The average Bonchev–Trinajstić information content (AvgIpc) is 3.13. The van der Waals surface area contributed by atoms with Crippen LogP contribution < -0.4 is 0 Å². The van der Waals surface area contributed by atoms with Crippen LogP contribution in [0.15, 0.2) is 42.5 Å². The molecule has 1 aliphatic heterocycles. The number of fused-ring (bicyclic) bond motifs is 1. The molecule has 0 atom stereocenters. The molecule has 0 saturated carbocycles. The largest absolute Gasteiger partial charge is 0.459 e. The van der Waals surface area contributed by atoms with Gasteiger partial charge >= 0.3 is 5.97 Å². The maximum Gasteiger partial charge on any atom is 0.340 e. The average molecular weight is 337 g/mol. The molecule has 0 radical (unpaired) electrons. The first-order valence-electron chi connectivity index (χ1n) is 8.76. The summed E-state index contributed by atoms with van der Waals surface area (Å²) in [6.45, 7) is 6.28. The van der Waals surface area contributed by atoms with Crippen LogP contribution in [0, 0.1) is 0 Å². The van der Waals surface area contributed by atoms with Gasteiger partial charge in [-0.2, -0.15) is 0 Å². The van der Waals surface area contributed by atoms with Crippen LogP contribution in [0.5, 0.6) is 0 Å². The Morgan fingerprint density at radius 1 is 1.20 bits per heavy atom. The highest BCUT2D eigenvalue weighted by atomic mass is 16.5. The molecule has 0 spiro atoms. The molecule has 1 aromatic carbocycles. The van der Waals surface area contributed by atoms with Gasteiger partial charge in [-0.1, -0.05) is 43.7 Å². The fourth-order valence-electron chi connectivity index (χ4n) is 3.23. The van der Waals surface area contributed by atoms with Crippen molar-refractivity contribution < 1.29 is 14.3 Å². The number of carbonyl (C=O) groups is 2. The molecule has 1 aromatic heterocycles. The molecular formula is C21H23NO3. The molecule has 4 nitrogen and oxygen atoms in total. The van der Waals surface area contributed by atoms with Gasteiger partial charge in [0.25, 0.3) is 0 Å². The van der Waals surface area contributed by atoms with Crippen LogP contribution in [-0.4, -0.2) is 22.4 Å². The Morgan fingerprint density at radius 3 is 2.56 bits per heavy atom. The number of benzene rings is 1. The number of allylic oxidation sites excluding steroid dienone is 1. The first-order chi connectivity index (χ1) is 12.0. The zero-order valence-electron chi connectivity index (χ0n) is 14.9. The normalized spacial score (nSPS) is 12.9. The van der Waals surface area contributed by atoms with E-state index in [1.807, 2.05) is 60.9 Å². The maximum absolute atomic E-state index is 13.1. The topological polar surface area (TPSA) is 48.3 Å². The van der Waals surface area contributed by atoms with Crippen molar-refractivity contribution in [3.8, 4) is 0 Å². The summed E-state index contributed by atoms with van der Waals surface area (Å²) in [6.07, 6.45) is 3.42. The van der Waals surface area contributed by atoms with Crippen molar-refractivity contribution in [1.82, 2.24) is 4.57 Å². The van der Waals surface area contributed by atoms with E-state index in [0.29, 0.717) is 23.4 Å². The summed E-state index contributed by atoms with van der Waals surface area (Å²) in [5.74, 6) is -0.324. The van der Waals surface area contributed by atoms with Crippen LogP contribution >= 0.6 is 0 Å². The monoisotopic (exact) mass is 337 g/mol. The Morgan fingerprint density at radius 2 is 1.92 bits per heavy atom. The molecule has 2 aromatic rings. The van der Waals surface area contributed by atoms with Crippen molar-refractivity contribution >= 4 is 17.3 Å². The molecule has 2 heterocycles. The van der Waals surface area contributed by atoms with Gasteiger partial charge in [-0.3, -0.25) is 4.79 Å². The number of hydrogen-bond acceptors (Lipinski definition) is 3. The van der Waals surface area contributed by atoms with Crippen molar-refractivity contribution in [2.75, 3.05) is 0 Å². The summed E-state index contributed by atoms with van der Waals surface area (Å²) in [5, 5.41) is 0. The first kappa shape index (κ1) is 17.2. The van der Waals surface area contributed by atoms with Gasteiger partial charge in [0.2, 0.25) is 5.78 Å². The Hall–Kier alpha value is -2.62. The van der Waals surface area contributed by atoms with Crippen LogP contribution in [0.25, 0.3) is 5.57 Å². The van der Waals surface area contributed by atoms with Gasteiger partial charge in [0.15, 0.2) is 0 Å². The number of ketones is 1. The lowest BCUT2D eigenvalue weighted by atomic mass is 10.0. The molecule has 0 unspecified atom stereocenters. The molecule has 0 amide bonds. The number of aromatic nitrogens is 1. The summed E-state index contributed by atoms with van der Waals surface area (Å²) in [5.41, 5.74) is 3.69. The fourth-order valence-corrected chi connectivity index (χ4v) is 3.23. The molecular weight excluding hydrogens is 314 g/mol. The number of hydrogen-bond donors (Lipinski definition) is 0. The fraction of sp³-hybridized carbons (Fsp3) is 0.333. The summed E-state index contributed by atoms with van der Waals surface area (Å²) >= 11 is 0. The number of rotatable bonds is 6. The zero-order valence-corrected chi connectivity index (χ0v) is 14.9. The summed E-state index contributed by atoms with van der Waals surface area (Å²) in [7, 11) is 0. The number of esters is 1. The predicted molar refractivity (Wildman–Crippen MR) is 97.5 cm³/mol.